The number of carbonyl (C=O) groups is 1. The Hall–Kier alpha value is -1.62. The molecule has 0 saturated heterocycles. The Morgan fingerprint density at radius 1 is 1.47 bits per heavy atom. The van der Waals surface area contributed by atoms with Crippen molar-refractivity contribution >= 4 is 23.1 Å². The Kier molecular flexibility index (Phi) is 3.28. The molecule has 0 unspecified atom stereocenters. The van der Waals surface area contributed by atoms with E-state index < -0.39 is 0 Å². The van der Waals surface area contributed by atoms with Crippen molar-refractivity contribution in [3.05, 3.63) is 33.1 Å². The summed E-state index contributed by atoms with van der Waals surface area (Å²) in [6.07, 6.45) is 0.874. The average Bonchev–Trinajstić information content (AvgIpc) is 2.85. The zero-order valence-electron chi connectivity index (χ0n) is 10.1. The molecule has 2 N–H and O–H groups in total. The van der Waals surface area contributed by atoms with Crippen LogP contribution in [0.25, 0.3) is 0 Å². The Morgan fingerprint density at radius 3 is 2.76 bits per heavy atom. The molecule has 90 valence electrons. The number of thiophene rings is 1. The van der Waals surface area contributed by atoms with Gasteiger partial charge in [-0.1, -0.05) is 6.92 Å². The molecule has 0 radical (unpaired) electrons. The number of aromatic nitrogens is 2. The predicted octanol–water partition coefficient (Wildman–Crippen LogP) is 2.90. The molecule has 2 aromatic heterocycles. The van der Waals surface area contributed by atoms with Gasteiger partial charge in [-0.3, -0.25) is 9.89 Å². The number of rotatable bonds is 3. The second-order valence-corrected chi connectivity index (χ2v) is 5.37. The van der Waals surface area contributed by atoms with E-state index in [1.807, 2.05) is 32.9 Å². The molecule has 2 rings (SSSR count). The highest BCUT2D eigenvalue weighted by atomic mass is 32.1. The number of aromatic amines is 1. The first-order valence-electron chi connectivity index (χ1n) is 5.52. The molecular weight excluding hydrogens is 234 g/mol. The van der Waals surface area contributed by atoms with E-state index in [2.05, 4.69) is 15.5 Å². The summed E-state index contributed by atoms with van der Waals surface area (Å²) in [7, 11) is 0. The van der Waals surface area contributed by atoms with E-state index in [-0.39, 0.29) is 5.91 Å². The lowest BCUT2D eigenvalue weighted by Crippen LogP contribution is -2.12. The fourth-order valence-electron chi connectivity index (χ4n) is 1.65. The van der Waals surface area contributed by atoms with E-state index in [1.54, 1.807) is 11.3 Å². The third-order valence-electron chi connectivity index (χ3n) is 2.54. The number of amides is 1. The van der Waals surface area contributed by atoms with Crippen LogP contribution in [0.3, 0.4) is 0 Å². The molecule has 0 atom stereocenters. The SMILES string of the molecule is CCc1cc(NC(=O)c2cc(C)sc2C)n[nH]1. The van der Waals surface area contributed by atoms with Crippen LogP contribution < -0.4 is 5.32 Å². The van der Waals surface area contributed by atoms with Gasteiger partial charge in [-0.05, 0) is 26.3 Å². The minimum Gasteiger partial charge on any atom is -0.305 e. The maximum atomic E-state index is 12.0. The number of anilines is 1. The topological polar surface area (TPSA) is 57.8 Å². The third kappa shape index (κ3) is 2.55. The largest absolute Gasteiger partial charge is 0.305 e. The molecule has 2 aromatic rings. The molecule has 0 spiro atoms. The summed E-state index contributed by atoms with van der Waals surface area (Å²) >= 11 is 1.63. The smallest absolute Gasteiger partial charge is 0.257 e. The van der Waals surface area contributed by atoms with Gasteiger partial charge in [-0.25, -0.2) is 0 Å². The van der Waals surface area contributed by atoms with Crippen LogP contribution in [0.15, 0.2) is 12.1 Å². The minimum absolute atomic E-state index is 0.0963. The number of nitrogens with zero attached hydrogens (tertiary/aromatic N) is 1. The van der Waals surface area contributed by atoms with Crippen molar-refractivity contribution < 1.29 is 4.79 Å². The number of hydrogen-bond donors (Lipinski definition) is 2. The van der Waals surface area contributed by atoms with Crippen molar-refractivity contribution in [3.63, 3.8) is 0 Å². The molecule has 2 heterocycles. The molecule has 1 amide bonds. The lowest BCUT2D eigenvalue weighted by atomic mass is 10.2. The molecule has 17 heavy (non-hydrogen) atoms. The minimum atomic E-state index is -0.0963. The molecule has 0 saturated carbocycles. The van der Waals surface area contributed by atoms with Gasteiger partial charge in [-0.15, -0.1) is 11.3 Å². The van der Waals surface area contributed by atoms with Crippen molar-refractivity contribution in [2.24, 2.45) is 0 Å². The quantitative estimate of drug-likeness (QED) is 0.878. The third-order valence-corrected chi connectivity index (χ3v) is 3.50. The fourth-order valence-corrected chi connectivity index (χ4v) is 2.57. The van der Waals surface area contributed by atoms with Crippen LogP contribution in [0, 0.1) is 13.8 Å². The van der Waals surface area contributed by atoms with Crippen molar-refractivity contribution in [2.75, 3.05) is 5.32 Å². The van der Waals surface area contributed by atoms with Gasteiger partial charge in [0.15, 0.2) is 5.82 Å². The molecule has 0 aromatic carbocycles. The highest BCUT2D eigenvalue weighted by Gasteiger charge is 2.13. The van der Waals surface area contributed by atoms with E-state index >= 15 is 0 Å². The monoisotopic (exact) mass is 249 g/mol. The zero-order chi connectivity index (χ0) is 12.4. The summed E-state index contributed by atoms with van der Waals surface area (Å²) in [5.41, 5.74) is 1.74. The summed E-state index contributed by atoms with van der Waals surface area (Å²) in [6.45, 7) is 5.98. The lowest BCUT2D eigenvalue weighted by molar-refractivity contribution is 0.102. The van der Waals surface area contributed by atoms with Gasteiger partial charge in [0.1, 0.15) is 0 Å². The van der Waals surface area contributed by atoms with Crippen LogP contribution in [0.2, 0.25) is 0 Å². The molecule has 0 aliphatic rings. The molecular formula is C12H15N3OS. The highest BCUT2D eigenvalue weighted by molar-refractivity contribution is 7.12. The maximum Gasteiger partial charge on any atom is 0.257 e. The predicted molar refractivity (Wildman–Crippen MR) is 69.7 cm³/mol. The van der Waals surface area contributed by atoms with Gasteiger partial charge >= 0.3 is 0 Å². The van der Waals surface area contributed by atoms with Crippen molar-refractivity contribution in [3.8, 4) is 0 Å². The van der Waals surface area contributed by atoms with Crippen LogP contribution in [-0.4, -0.2) is 16.1 Å². The number of H-pyrrole nitrogens is 1. The first kappa shape index (κ1) is 11.9. The van der Waals surface area contributed by atoms with Crippen LogP contribution in [0.1, 0.15) is 32.7 Å². The second kappa shape index (κ2) is 4.71. The average molecular weight is 249 g/mol. The van der Waals surface area contributed by atoms with E-state index in [1.165, 1.54) is 0 Å². The molecule has 5 heteroatoms. The van der Waals surface area contributed by atoms with Gasteiger partial charge in [-0.2, -0.15) is 5.10 Å². The molecule has 0 fully saturated rings. The summed E-state index contributed by atoms with van der Waals surface area (Å²) in [4.78, 5) is 14.2. The Bertz CT molecular complexity index is 542. The number of hydrogen-bond acceptors (Lipinski definition) is 3. The Labute approximate surface area is 104 Å². The first-order valence-corrected chi connectivity index (χ1v) is 6.34. The highest BCUT2D eigenvalue weighted by Crippen LogP contribution is 2.21. The van der Waals surface area contributed by atoms with Crippen LogP contribution in [0.5, 0.6) is 0 Å². The lowest BCUT2D eigenvalue weighted by Gasteiger charge is -1.99. The van der Waals surface area contributed by atoms with Gasteiger partial charge < -0.3 is 5.32 Å². The number of nitrogens with one attached hydrogen (secondary N) is 2. The van der Waals surface area contributed by atoms with Crippen LogP contribution in [-0.2, 0) is 6.42 Å². The summed E-state index contributed by atoms with van der Waals surface area (Å²) in [6, 6.07) is 3.76. The Morgan fingerprint density at radius 2 is 2.24 bits per heavy atom. The number of carbonyl (C=O) groups excluding carboxylic acids is 1. The van der Waals surface area contributed by atoms with Crippen LogP contribution in [0.4, 0.5) is 5.82 Å². The zero-order valence-corrected chi connectivity index (χ0v) is 10.9. The maximum absolute atomic E-state index is 12.0. The molecule has 0 aliphatic heterocycles. The van der Waals surface area contributed by atoms with Gasteiger partial charge in [0.25, 0.3) is 5.91 Å². The second-order valence-electron chi connectivity index (χ2n) is 3.91. The van der Waals surface area contributed by atoms with Gasteiger partial charge in [0.05, 0.1) is 5.56 Å². The number of aryl methyl sites for hydroxylation is 3. The molecule has 0 aliphatic carbocycles. The van der Waals surface area contributed by atoms with E-state index in [0.29, 0.717) is 5.82 Å². The van der Waals surface area contributed by atoms with E-state index in [9.17, 15) is 4.79 Å². The van der Waals surface area contributed by atoms with Crippen LogP contribution >= 0.6 is 11.3 Å². The standard InChI is InChI=1S/C12H15N3OS/c1-4-9-6-11(15-14-9)13-12(16)10-5-7(2)17-8(10)3/h5-6H,4H2,1-3H3,(H2,13,14,15,16). The van der Waals surface area contributed by atoms with Gasteiger partial charge in [0.2, 0.25) is 0 Å². The first-order chi connectivity index (χ1) is 8.10. The van der Waals surface area contributed by atoms with Gasteiger partial charge in [0, 0.05) is 21.5 Å². The Balaban J connectivity index is 2.14. The van der Waals surface area contributed by atoms with E-state index in [0.717, 1.165) is 27.4 Å². The van der Waals surface area contributed by atoms with Crippen molar-refractivity contribution in [1.29, 1.82) is 0 Å². The normalized spacial score (nSPS) is 10.5. The van der Waals surface area contributed by atoms with Crippen molar-refractivity contribution in [2.45, 2.75) is 27.2 Å². The fraction of sp³-hybridized carbons (Fsp3) is 0.333. The summed E-state index contributed by atoms with van der Waals surface area (Å²) in [5, 5.41) is 9.70. The summed E-state index contributed by atoms with van der Waals surface area (Å²) < 4.78 is 0. The molecule has 4 nitrogen and oxygen atoms in total. The molecule has 0 bridgehead atoms. The summed E-state index contributed by atoms with van der Waals surface area (Å²) in [5.74, 6) is 0.483. The van der Waals surface area contributed by atoms with E-state index in [4.69, 9.17) is 0 Å². The van der Waals surface area contributed by atoms with Crippen molar-refractivity contribution in [1.82, 2.24) is 10.2 Å².